The standard InChI is InChI=1S/C23H29BrN2O6S/c24-23-12-16-9-17(13-23)11-22(10-16,15-23)21(28)32-14-20(27)25-18-1-3-19(4-2-18)33(29,30)26-5-7-31-8-6-26/h1-4,16-17H,5-15H2,(H,25,27)/t16-,17-,22?,23?/m0/s1. The molecule has 6 rings (SSSR count). The SMILES string of the molecule is O=C(COC(=O)C12C[C@@H]3C[C@H](CC(Br)(C3)C1)C2)Nc1ccc(S(=O)(=O)N2CCOCC2)cc1. The number of alkyl halides is 1. The number of carbonyl (C=O) groups excluding carboxylic acids is 2. The van der Waals surface area contributed by atoms with Crippen LogP contribution in [0.1, 0.15) is 38.5 Å². The summed E-state index contributed by atoms with van der Waals surface area (Å²) >= 11 is 3.89. The molecule has 2 atom stereocenters. The lowest BCUT2D eigenvalue weighted by Crippen LogP contribution is -2.56. The van der Waals surface area contributed by atoms with E-state index >= 15 is 0 Å². The molecule has 5 aliphatic rings. The maximum Gasteiger partial charge on any atom is 0.312 e. The first-order valence-electron chi connectivity index (χ1n) is 11.5. The Hall–Kier alpha value is -1.49. The zero-order chi connectivity index (χ0) is 23.3. The molecule has 0 radical (unpaired) electrons. The van der Waals surface area contributed by atoms with Crippen molar-refractivity contribution in [3.05, 3.63) is 24.3 Å². The maximum absolute atomic E-state index is 13.0. The molecule has 4 bridgehead atoms. The van der Waals surface area contributed by atoms with Gasteiger partial charge >= 0.3 is 5.97 Å². The molecule has 1 aliphatic heterocycles. The molecular formula is C23H29BrN2O6S. The van der Waals surface area contributed by atoms with E-state index in [4.69, 9.17) is 9.47 Å². The van der Waals surface area contributed by atoms with E-state index in [9.17, 15) is 18.0 Å². The van der Waals surface area contributed by atoms with Crippen LogP contribution in [0.2, 0.25) is 0 Å². The summed E-state index contributed by atoms with van der Waals surface area (Å²) in [6.07, 6.45) is 5.94. The average Bonchev–Trinajstić information content (AvgIpc) is 2.77. The van der Waals surface area contributed by atoms with Gasteiger partial charge < -0.3 is 14.8 Å². The third kappa shape index (κ3) is 4.59. The van der Waals surface area contributed by atoms with Gasteiger partial charge in [0.15, 0.2) is 6.61 Å². The summed E-state index contributed by atoms with van der Waals surface area (Å²) in [5, 5.41) is 2.68. The van der Waals surface area contributed by atoms with Gasteiger partial charge in [0.25, 0.3) is 5.91 Å². The van der Waals surface area contributed by atoms with E-state index in [1.807, 2.05) is 0 Å². The Balaban J connectivity index is 1.16. The Morgan fingerprint density at radius 2 is 1.73 bits per heavy atom. The van der Waals surface area contributed by atoms with Gasteiger partial charge in [0.1, 0.15) is 0 Å². The number of esters is 1. The Bertz CT molecular complexity index is 1020. The minimum absolute atomic E-state index is 0.0433. The number of nitrogens with zero attached hydrogens (tertiary/aromatic N) is 1. The van der Waals surface area contributed by atoms with Crippen molar-refractivity contribution in [2.75, 3.05) is 38.2 Å². The second kappa shape index (κ2) is 8.62. The molecule has 0 unspecified atom stereocenters. The predicted octanol–water partition coefficient (Wildman–Crippen LogP) is 2.92. The number of ether oxygens (including phenoxy) is 2. The van der Waals surface area contributed by atoms with Crippen molar-refractivity contribution in [2.24, 2.45) is 17.3 Å². The van der Waals surface area contributed by atoms with Crippen LogP contribution in [0.15, 0.2) is 29.2 Å². The number of carbonyl (C=O) groups is 2. The van der Waals surface area contributed by atoms with Crippen molar-refractivity contribution in [2.45, 2.75) is 47.7 Å². The topological polar surface area (TPSA) is 102 Å². The number of amides is 1. The molecule has 5 fully saturated rings. The molecule has 4 aliphatic carbocycles. The fraction of sp³-hybridized carbons (Fsp3) is 0.652. The molecule has 1 aromatic carbocycles. The highest BCUT2D eigenvalue weighted by molar-refractivity contribution is 9.10. The van der Waals surface area contributed by atoms with Crippen LogP contribution in [0.3, 0.4) is 0 Å². The first-order valence-corrected chi connectivity index (χ1v) is 13.7. The summed E-state index contributed by atoms with van der Waals surface area (Å²) < 4.78 is 37.5. The smallest absolute Gasteiger partial charge is 0.312 e. The fourth-order valence-corrected chi connectivity index (χ4v) is 9.38. The van der Waals surface area contributed by atoms with Crippen LogP contribution in [-0.2, 0) is 29.1 Å². The summed E-state index contributed by atoms with van der Waals surface area (Å²) in [7, 11) is -3.59. The van der Waals surface area contributed by atoms with Crippen molar-refractivity contribution in [3.8, 4) is 0 Å². The van der Waals surface area contributed by atoms with Gasteiger partial charge in [-0.1, -0.05) is 15.9 Å². The molecule has 10 heteroatoms. The summed E-state index contributed by atoms with van der Waals surface area (Å²) in [6.45, 7) is 1.06. The van der Waals surface area contributed by atoms with E-state index in [1.165, 1.54) is 22.9 Å². The largest absolute Gasteiger partial charge is 0.455 e. The van der Waals surface area contributed by atoms with Gasteiger partial charge in [-0.15, -0.1) is 0 Å². The quantitative estimate of drug-likeness (QED) is 0.439. The van der Waals surface area contributed by atoms with E-state index in [0.717, 1.165) is 32.1 Å². The number of sulfonamides is 1. The van der Waals surface area contributed by atoms with E-state index in [-0.39, 0.29) is 21.8 Å². The monoisotopic (exact) mass is 540 g/mol. The number of morpholine rings is 1. The Morgan fingerprint density at radius 1 is 1.09 bits per heavy atom. The van der Waals surface area contributed by atoms with E-state index < -0.39 is 21.3 Å². The highest BCUT2D eigenvalue weighted by Gasteiger charge is 2.60. The van der Waals surface area contributed by atoms with Crippen molar-refractivity contribution >= 4 is 43.5 Å². The number of benzene rings is 1. The van der Waals surface area contributed by atoms with Gasteiger partial charge in [-0.2, -0.15) is 4.31 Å². The highest BCUT2D eigenvalue weighted by atomic mass is 79.9. The minimum Gasteiger partial charge on any atom is -0.455 e. The van der Waals surface area contributed by atoms with Crippen LogP contribution in [0.25, 0.3) is 0 Å². The molecule has 1 heterocycles. The molecule has 33 heavy (non-hydrogen) atoms. The molecule has 8 nitrogen and oxygen atoms in total. The van der Waals surface area contributed by atoms with Crippen LogP contribution in [0, 0.1) is 17.3 Å². The molecule has 1 N–H and O–H groups in total. The summed E-state index contributed by atoms with van der Waals surface area (Å²) in [5.74, 6) is 0.409. The lowest BCUT2D eigenvalue weighted by molar-refractivity contribution is -0.170. The normalized spacial score (nSPS) is 33.6. The molecule has 0 aromatic heterocycles. The molecule has 1 aromatic rings. The molecule has 1 saturated heterocycles. The predicted molar refractivity (Wildman–Crippen MR) is 124 cm³/mol. The summed E-state index contributed by atoms with van der Waals surface area (Å²) in [5.41, 5.74) is -0.0187. The van der Waals surface area contributed by atoms with E-state index in [1.54, 1.807) is 12.1 Å². The lowest BCUT2D eigenvalue weighted by Gasteiger charge is -2.58. The second-order valence-electron chi connectivity index (χ2n) is 10.1. The van der Waals surface area contributed by atoms with Gasteiger partial charge in [-0.3, -0.25) is 9.59 Å². The fourth-order valence-electron chi connectivity index (χ4n) is 6.52. The zero-order valence-corrected chi connectivity index (χ0v) is 20.8. The first kappa shape index (κ1) is 23.3. The first-order chi connectivity index (χ1) is 15.7. The number of hydrogen-bond acceptors (Lipinski definition) is 6. The van der Waals surface area contributed by atoms with Gasteiger partial charge in [-0.25, -0.2) is 8.42 Å². The summed E-state index contributed by atoms with van der Waals surface area (Å²) in [6, 6.07) is 6.02. The van der Waals surface area contributed by atoms with Crippen molar-refractivity contribution in [3.63, 3.8) is 0 Å². The van der Waals surface area contributed by atoms with Gasteiger partial charge in [0.2, 0.25) is 10.0 Å². The number of rotatable bonds is 6. The van der Waals surface area contributed by atoms with Crippen LogP contribution in [0.4, 0.5) is 5.69 Å². The van der Waals surface area contributed by atoms with Crippen molar-refractivity contribution in [1.82, 2.24) is 4.31 Å². The third-order valence-corrected chi connectivity index (χ3v) is 10.3. The van der Waals surface area contributed by atoms with Crippen LogP contribution >= 0.6 is 15.9 Å². The highest BCUT2D eigenvalue weighted by Crippen LogP contribution is 2.64. The lowest BCUT2D eigenvalue weighted by atomic mass is 9.49. The Kier molecular flexibility index (Phi) is 6.08. The van der Waals surface area contributed by atoms with Gasteiger partial charge in [-0.05, 0) is 74.6 Å². The number of anilines is 1. The molecule has 0 spiro atoms. The van der Waals surface area contributed by atoms with Gasteiger partial charge in [0.05, 0.1) is 23.5 Å². The van der Waals surface area contributed by atoms with Crippen LogP contribution in [0.5, 0.6) is 0 Å². The minimum atomic E-state index is -3.59. The summed E-state index contributed by atoms with van der Waals surface area (Å²) in [4.78, 5) is 25.6. The second-order valence-corrected chi connectivity index (χ2v) is 13.7. The zero-order valence-electron chi connectivity index (χ0n) is 18.4. The number of halogens is 1. The maximum atomic E-state index is 13.0. The molecule has 180 valence electrons. The van der Waals surface area contributed by atoms with Crippen LogP contribution in [-0.4, -0.2) is 61.8 Å². The Labute approximate surface area is 202 Å². The number of nitrogens with one attached hydrogen (secondary N) is 1. The van der Waals surface area contributed by atoms with E-state index in [2.05, 4.69) is 21.2 Å². The molecular weight excluding hydrogens is 512 g/mol. The third-order valence-electron chi connectivity index (χ3n) is 7.50. The van der Waals surface area contributed by atoms with E-state index in [0.29, 0.717) is 43.8 Å². The van der Waals surface area contributed by atoms with Crippen molar-refractivity contribution < 1.29 is 27.5 Å². The Morgan fingerprint density at radius 3 is 2.33 bits per heavy atom. The molecule has 1 amide bonds. The average molecular weight is 541 g/mol. The number of hydrogen-bond donors (Lipinski definition) is 1. The van der Waals surface area contributed by atoms with Gasteiger partial charge in [0, 0.05) is 23.1 Å². The van der Waals surface area contributed by atoms with Crippen LogP contribution < -0.4 is 5.32 Å². The molecule has 4 saturated carbocycles. The van der Waals surface area contributed by atoms with Crippen molar-refractivity contribution in [1.29, 1.82) is 0 Å².